The molecule has 0 radical (unpaired) electrons. The standard InChI is InChI=1S/C16H14INO3/c17-9-14(19)11-6-7-12(13(18)8-11)16(21)15(20)10-4-2-1-3-5-10/h1-8,15,20H,9,18H2. The molecule has 0 aromatic heterocycles. The first kappa shape index (κ1) is 15.7. The summed E-state index contributed by atoms with van der Waals surface area (Å²) in [5, 5.41) is 10.1. The van der Waals surface area contributed by atoms with E-state index in [0.717, 1.165) is 0 Å². The van der Waals surface area contributed by atoms with E-state index in [1.807, 2.05) is 22.6 Å². The van der Waals surface area contributed by atoms with Crippen molar-refractivity contribution in [1.29, 1.82) is 0 Å². The number of nitrogens with two attached hydrogens (primary N) is 1. The first-order valence-electron chi connectivity index (χ1n) is 6.30. The van der Waals surface area contributed by atoms with Crippen LogP contribution in [0.2, 0.25) is 0 Å². The van der Waals surface area contributed by atoms with Gasteiger partial charge in [-0.2, -0.15) is 0 Å². The number of Topliss-reactive ketones (excluding diaryl/α,β-unsaturated/α-hetero) is 2. The number of aliphatic hydroxyl groups is 1. The second-order valence-corrected chi connectivity index (χ2v) is 5.30. The predicted molar refractivity (Wildman–Crippen MR) is 89.8 cm³/mol. The van der Waals surface area contributed by atoms with E-state index in [4.69, 9.17) is 5.73 Å². The SMILES string of the molecule is Nc1cc(C(=O)CI)ccc1C(=O)C(O)c1ccccc1. The Labute approximate surface area is 136 Å². The van der Waals surface area contributed by atoms with E-state index >= 15 is 0 Å². The van der Waals surface area contributed by atoms with Gasteiger partial charge in [-0.25, -0.2) is 0 Å². The van der Waals surface area contributed by atoms with Crippen molar-refractivity contribution < 1.29 is 14.7 Å². The Balaban J connectivity index is 2.30. The lowest BCUT2D eigenvalue weighted by molar-refractivity contribution is 0.0748. The molecule has 0 fully saturated rings. The molecular weight excluding hydrogens is 381 g/mol. The maximum absolute atomic E-state index is 12.3. The number of nitrogen functional groups attached to an aromatic ring is 1. The van der Waals surface area contributed by atoms with Gasteiger partial charge in [0.25, 0.3) is 0 Å². The summed E-state index contributed by atoms with van der Waals surface area (Å²) in [5.41, 5.74) is 7.24. The molecule has 4 nitrogen and oxygen atoms in total. The van der Waals surface area contributed by atoms with Crippen molar-refractivity contribution in [3.05, 3.63) is 65.2 Å². The van der Waals surface area contributed by atoms with Crippen LogP contribution < -0.4 is 5.73 Å². The minimum atomic E-state index is -1.26. The second-order valence-electron chi connectivity index (χ2n) is 4.54. The summed E-state index contributed by atoms with van der Waals surface area (Å²) < 4.78 is 0.344. The van der Waals surface area contributed by atoms with Crippen LogP contribution in [0.5, 0.6) is 0 Å². The number of anilines is 1. The van der Waals surface area contributed by atoms with Crippen molar-refractivity contribution in [2.24, 2.45) is 0 Å². The van der Waals surface area contributed by atoms with Gasteiger partial charge in [0, 0.05) is 16.8 Å². The number of hydrogen-bond acceptors (Lipinski definition) is 4. The Hall–Kier alpha value is -1.73. The van der Waals surface area contributed by atoms with Crippen LogP contribution in [0.25, 0.3) is 0 Å². The number of carbonyl (C=O) groups excluding carboxylic acids is 2. The normalized spacial score (nSPS) is 11.9. The third kappa shape index (κ3) is 3.48. The molecule has 0 aliphatic heterocycles. The quantitative estimate of drug-likeness (QED) is 0.353. The number of halogens is 1. The van der Waals surface area contributed by atoms with Gasteiger partial charge in [0.15, 0.2) is 11.6 Å². The average Bonchev–Trinajstić information content (AvgIpc) is 2.53. The third-order valence-electron chi connectivity index (χ3n) is 3.12. The lowest BCUT2D eigenvalue weighted by Gasteiger charge is -2.12. The summed E-state index contributed by atoms with van der Waals surface area (Å²) in [6, 6.07) is 13.2. The number of aliphatic hydroxyl groups excluding tert-OH is 1. The number of carbonyl (C=O) groups is 2. The van der Waals surface area contributed by atoms with Gasteiger partial charge >= 0.3 is 0 Å². The maximum Gasteiger partial charge on any atom is 0.197 e. The molecule has 0 saturated carbocycles. The van der Waals surface area contributed by atoms with Crippen molar-refractivity contribution in [3.63, 3.8) is 0 Å². The summed E-state index contributed by atoms with van der Waals surface area (Å²) in [4.78, 5) is 23.9. The molecule has 3 N–H and O–H groups in total. The molecule has 2 aromatic rings. The zero-order chi connectivity index (χ0) is 15.4. The van der Waals surface area contributed by atoms with Crippen molar-refractivity contribution in [2.75, 3.05) is 10.2 Å². The number of ketones is 2. The maximum atomic E-state index is 12.3. The van der Waals surface area contributed by atoms with Crippen molar-refractivity contribution in [3.8, 4) is 0 Å². The van der Waals surface area contributed by atoms with Crippen LogP contribution >= 0.6 is 22.6 Å². The highest BCUT2D eigenvalue weighted by atomic mass is 127. The molecule has 2 rings (SSSR count). The van der Waals surface area contributed by atoms with E-state index < -0.39 is 11.9 Å². The highest BCUT2D eigenvalue weighted by Gasteiger charge is 2.21. The van der Waals surface area contributed by atoms with Crippen molar-refractivity contribution >= 4 is 39.8 Å². The van der Waals surface area contributed by atoms with Crippen LogP contribution in [0.4, 0.5) is 5.69 Å². The van der Waals surface area contributed by atoms with Gasteiger partial charge < -0.3 is 10.8 Å². The van der Waals surface area contributed by atoms with Gasteiger partial charge in [0.1, 0.15) is 6.10 Å². The van der Waals surface area contributed by atoms with Gasteiger partial charge in [-0.15, -0.1) is 0 Å². The Bertz CT molecular complexity index is 670. The zero-order valence-electron chi connectivity index (χ0n) is 11.1. The Kier molecular flexibility index (Phi) is 5.08. The van der Waals surface area contributed by atoms with Crippen LogP contribution in [0.1, 0.15) is 32.4 Å². The Morgan fingerprint density at radius 3 is 2.38 bits per heavy atom. The van der Waals surface area contributed by atoms with Crippen LogP contribution in [-0.2, 0) is 0 Å². The molecule has 2 aromatic carbocycles. The largest absolute Gasteiger partial charge is 0.398 e. The Morgan fingerprint density at radius 2 is 1.81 bits per heavy atom. The summed E-state index contributed by atoms with van der Waals surface area (Å²) in [6.07, 6.45) is -1.26. The third-order valence-corrected chi connectivity index (χ3v) is 3.82. The molecule has 21 heavy (non-hydrogen) atoms. The molecule has 1 unspecified atom stereocenters. The van der Waals surface area contributed by atoms with Crippen LogP contribution in [0.15, 0.2) is 48.5 Å². The highest BCUT2D eigenvalue weighted by Crippen LogP contribution is 2.23. The lowest BCUT2D eigenvalue weighted by atomic mass is 9.97. The predicted octanol–water partition coefficient (Wildman–Crippen LogP) is 2.80. The second kappa shape index (κ2) is 6.82. The fraction of sp³-hybridized carbons (Fsp3) is 0.125. The molecular formula is C16H14INO3. The molecule has 0 amide bonds. The van der Waals surface area contributed by atoms with Crippen molar-refractivity contribution in [2.45, 2.75) is 6.10 Å². The van der Waals surface area contributed by atoms with Crippen molar-refractivity contribution in [1.82, 2.24) is 0 Å². The van der Waals surface area contributed by atoms with Crippen LogP contribution in [0, 0.1) is 0 Å². The molecule has 0 bridgehead atoms. The van der Waals surface area contributed by atoms with E-state index in [9.17, 15) is 14.7 Å². The molecule has 0 saturated heterocycles. The summed E-state index contributed by atoms with van der Waals surface area (Å²) >= 11 is 1.97. The average molecular weight is 395 g/mol. The van der Waals surface area contributed by atoms with Gasteiger partial charge in [-0.3, -0.25) is 9.59 Å². The van der Waals surface area contributed by atoms with E-state index in [1.165, 1.54) is 12.1 Å². The fourth-order valence-electron chi connectivity index (χ4n) is 1.97. The molecule has 0 aliphatic rings. The molecule has 0 aliphatic carbocycles. The molecule has 0 spiro atoms. The van der Waals surface area contributed by atoms with E-state index in [-0.39, 0.29) is 17.0 Å². The highest BCUT2D eigenvalue weighted by molar-refractivity contribution is 14.1. The topological polar surface area (TPSA) is 80.4 Å². The molecule has 1 atom stereocenters. The van der Waals surface area contributed by atoms with Gasteiger partial charge in [0.05, 0.1) is 4.43 Å². The van der Waals surface area contributed by atoms with E-state index in [1.54, 1.807) is 36.4 Å². The monoisotopic (exact) mass is 395 g/mol. The first-order chi connectivity index (χ1) is 10.0. The molecule has 5 heteroatoms. The zero-order valence-corrected chi connectivity index (χ0v) is 13.3. The minimum absolute atomic E-state index is 0.0510. The number of alkyl halides is 1. The van der Waals surface area contributed by atoms with Gasteiger partial charge in [0.2, 0.25) is 0 Å². The summed E-state index contributed by atoms with van der Waals surface area (Å²) in [5.74, 6) is -0.530. The molecule has 0 heterocycles. The minimum Gasteiger partial charge on any atom is -0.398 e. The summed E-state index contributed by atoms with van der Waals surface area (Å²) in [6.45, 7) is 0. The van der Waals surface area contributed by atoms with E-state index in [2.05, 4.69) is 0 Å². The van der Waals surface area contributed by atoms with Gasteiger partial charge in [-0.05, 0) is 17.7 Å². The molecule has 108 valence electrons. The lowest BCUT2D eigenvalue weighted by Crippen LogP contribution is -2.15. The number of rotatable bonds is 5. The fourth-order valence-corrected chi connectivity index (χ4v) is 2.41. The smallest absolute Gasteiger partial charge is 0.197 e. The van der Waals surface area contributed by atoms with Crippen LogP contribution in [-0.4, -0.2) is 21.1 Å². The summed E-state index contributed by atoms with van der Waals surface area (Å²) in [7, 11) is 0. The van der Waals surface area contributed by atoms with Gasteiger partial charge in [-0.1, -0.05) is 59.0 Å². The van der Waals surface area contributed by atoms with Crippen LogP contribution in [0.3, 0.4) is 0 Å². The first-order valence-corrected chi connectivity index (χ1v) is 7.83. The van der Waals surface area contributed by atoms with E-state index in [0.29, 0.717) is 15.6 Å². The Morgan fingerprint density at radius 1 is 1.14 bits per heavy atom. The number of benzene rings is 2. The number of hydrogen-bond donors (Lipinski definition) is 2.